The van der Waals surface area contributed by atoms with E-state index in [0.29, 0.717) is 5.92 Å². The van der Waals surface area contributed by atoms with Gasteiger partial charge in [-0.05, 0) is 42.2 Å². The van der Waals surface area contributed by atoms with Gasteiger partial charge < -0.3 is 0 Å². The van der Waals surface area contributed by atoms with Gasteiger partial charge in [-0.25, -0.2) is 0 Å². The van der Waals surface area contributed by atoms with E-state index < -0.39 is 0 Å². The van der Waals surface area contributed by atoms with E-state index in [2.05, 4.69) is 58.9 Å². The Hall–Kier alpha value is -0.490. The summed E-state index contributed by atoms with van der Waals surface area (Å²) in [6.07, 6.45) is 2.21. The standard InChI is InChI=1S/C16H25Cl/c1-12(10-13(2)17)11-14-6-8-15(9-7-14)16(3,4)5/h6-9,12-13H,10-11H2,1-5H3. The van der Waals surface area contributed by atoms with Crippen molar-refractivity contribution in [2.24, 2.45) is 5.92 Å². The van der Waals surface area contributed by atoms with E-state index in [9.17, 15) is 0 Å². The van der Waals surface area contributed by atoms with Crippen molar-refractivity contribution in [1.82, 2.24) is 0 Å². The second kappa shape index (κ2) is 5.91. The molecule has 0 aliphatic carbocycles. The molecule has 0 radical (unpaired) electrons. The Balaban J connectivity index is 2.63. The van der Waals surface area contributed by atoms with Gasteiger partial charge in [-0.15, -0.1) is 11.6 Å². The second-order valence-electron chi connectivity index (χ2n) is 6.27. The summed E-state index contributed by atoms with van der Waals surface area (Å²) in [6.45, 7) is 11.1. The van der Waals surface area contributed by atoms with Crippen molar-refractivity contribution in [2.45, 2.75) is 58.3 Å². The Morgan fingerprint density at radius 2 is 1.59 bits per heavy atom. The van der Waals surface area contributed by atoms with Crippen LogP contribution in [0.5, 0.6) is 0 Å². The quantitative estimate of drug-likeness (QED) is 0.648. The van der Waals surface area contributed by atoms with Crippen LogP contribution in [0.1, 0.15) is 52.2 Å². The molecule has 0 saturated carbocycles. The SMILES string of the molecule is CC(Cl)CC(C)Cc1ccc(C(C)(C)C)cc1. The lowest BCUT2D eigenvalue weighted by molar-refractivity contribution is 0.526. The van der Waals surface area contributed by atoms with Gasteiger partial charge in [0.15, 0.2) is 0 Å². The van der Waals surface area contributed by atoms with Crippen molar-refractivity contribution in [3.8, 4) is 0 Å². The highest BCUT2D eigenvalue weighted by Crippen LogP contribution is 2.23. The fourth-order valence-corrected chi connectivity index (χ4v) is 2.49. The van der Waals surface area contributed by atoms with Crippen LogP contribution in [0.15, 0.2) is 24.3 Å². The molecule has 0 amide bonds. The molecule has 2 unspecified atom stereocenters. The second-order valence-corrected chi connectivity index (χ2v) is 7.02. The summed E-state index contributed by atoms with van der Waals surface area (Å²) < 4.78 is 0. The molecule has 96 valence electrons. The fourth-order valence-electron chi connectivity index (χ4n) is 2.18. The molecule has 0 spiro atoms. The smallest absolute Gasteiger partial charge is 0.0310 e. The van der Waals surface area contributed by atoms with Crippen LogP contribution < -0.4 is 0 Å². The van der Waals surface area contributed by atoms with Crippen LogP contribution in [0.3, 0.4) is 0 Å². The van der Waals surface area contributed by atoms with Gasteiger partial charge in [-0.3, -0.25) is 0 Å². The van der Waals surface area contributed by atoms with Crippen LogP contribution >= 0.6 is 11.6 Å². The minimum absolute atomic E-state index is 0.245. The van der Waals surface area contributed by atoms with Gasteiger partial charge in [0.2, 0.25) is 0 Å². The van der Waals surface area contributed by atoms with Crippen LogP contribution in [0, 0.1) is 5.92 Å². The van der Waals surface area contributed by atoms with Crippen LogP contribution in [-0.4, -0.2) is 5.38 Å². The highest BCUT2D eigenvalue weighted by atomic mass is 35.5. The summed E-state index contributed by atoms with van der Waals surface area (Å²) in [7, 11) is 0. The molecular formula is C16H25Cl. The number of hydrogen-bond acceptors (Lipinski definition) is 0. The third-order valence-corrected chi connectivity index (χ3v) is 3.31. The molecule has 0 heterocycles. The Bertz CT molecular complexity index is 330. The van der Waals surface area contributed by atoms with E-state index in [0.717, 1.165) is 12.8 Å². The van der Waals surface area contributed by atoms with Gasteiger partial charge in [-0.1, -0.05) is 52.0 Å². The van der Waals surface area contributed by atoms with E-state index in [1.165, 1.54) is 11.1 Å². The predicted molar refractivity (Wildman–Crippen MR) is 77.9 cm³/mol. The topological polar surface area (TPSA) is 0 Å². The van der Waals surface area contributed by atoms with Gasteiger partial charge in [0.05, 0.1) is 0 Å². The number of hydrogen-bond donors (Lipinski definition) is 0. The summed E-state index contributed by atoms with van der Waals surface area (Å²) in [5.41, 5.74) is 3.07. The molecule has 1 aromatic carbocycles. The molecule has 1 heteroatoms. The van der Waals surface area contributed by atoms with E-state index in [4.69, 9.17) is 11.6 Å². The normalized spacial score (nSPS) is 15.6. The maximum absolute atomic E-state index is 6.02. The molecule has 1 rings (SSSR count). The largest absolute Gasteiger partial charge is 0.123 e. The molecule has 2 atom stereocenters. The zero-order valence-electron chi connectivity index (χ0n) is 11.8. The van der Waals surface area contributed by atoms with Gasteiger partial charge in [0.25, 0.3) is 0 Å². The van der Waals surface area contributed by atoms with Crippen molar-refractivity contribution in [1.29, 1.82) is 0 Å². The molecule has 0 aliphatic rings. The number of halogens is 1. The maximum atomic E-state index is 6.02. The van der Waals surface area contributed by atoms with Crippen LogP contribution in [0.4, 0.5) is 0 Å². The van der Waals surface area contributed by atoms with Gasteiger partial charge in [0, 0.05) is 5.38 Å². The molecule has 17 heavy (non-hydrogen) atoms. The number of alkyl halides is 1. The lowest BCUT2D eigenvalue weighted by atomic mass is 9.86. The van der Waals surface area contributed by atoms with E-state index in [-0.39, 0.29) is 10.8 Å². The van der Waals surface area contributed by atoms with Gasteiger partial charge in [0.1, 0.15) is 0 Å². The summed E-state index contributed by atoms with van der Waals surface area (Å²) in [6, 6.07) is 9.03. The maximum Gasteiger partial charge on any atom is 0.0310 e. The third kappa shape index (κ3) is 5.12. The molecule has 0 bridgehead atoms. The number of rotatable bonds is 4. The first-order valence-corrected chi connectivity index (χ1v) is 6.96. The minimum atomic E-state index is 0.245. The Labute approximate surface area is 111 Å². The highest BCUT2D eigenvalue weighted by molar-refractivity contribution is 6.20. The van der Waals surface area contributed by atoms with Crippen LogP contribution in [0.2, 0.25) is 0 Å². The Morgan fingerprint density at radius 3 is 2.00 bits per heavy atom. The van der Waals surface area contributed by atoms with Crippen molar-refractivity contribution < 1.29 is 0 Å². The zero-order valence-corrected chi connectivity index (χ0v) is 12.5. The Kier molecular flexibility index (Phi) is 5.06. The van der Waals surface area contributed by atoms with Crippen molar-refractivity contribution in [2.75, 3.05) is 0 Å². The average Bonchev–Trinajstić information content (AvgIpc) is 2.15. The lowest BCUT2D eigenvalue weighted by Crippen LogP contribution is -2.11. The first-order chi connectivity index (χ1) is 7.79. The fraction of sp³-hybridized carbons (Fsp3) is 0.625. The third-order valence-electron chi connectivity index (χ3n) is 3.13. The monoisotopic (exact) mass is 252 g/mol. The van der Waals surface area contributed by atoms with E-state index in [1.807, 2.05) is 0 Å². The van der Waals surface area contributed by atoms with Crippen molar-refractivity contribution in [3.63, 3.8) is 0 Å². The van der Waals surface area contributed by atoms with Crippen molar-refractivity contribution in [3.05, 3.63) is 35.4 Å². The first-order valence-electron chi connectivity index (χ1n) is 6.52. The summed E-state index contributed by atoms with van der Waals surface area (Å²) in [5, 5.41) is 0.277. The van der Waals surface area contributed by atoms with Gasteiger partial charge in [-0.2, -0.15) is 0 Å². The molecule has 0 saturated heterocycles. The number of benzene rings is 1. The van der Waals surface area contributed by atoms with E-state index >= 15 is 0 Å². The highest BCUT2D eigenvalue weighted by Gasteiger charge is 2.13. The average molecular weight is 253 g/mol. The summed E-state index contributed by atoms with van der Waals surface area (Å²) >= 11 is 6.02. The molecule has 0 aliphatic heterocycles. The summed E-state index contributed by atoms with van der Waals surface area (Å²) in [4.78, 5) is 0. The predicted octanol–water partition coefficient (Wildman–Crippen LogP) is 5.18. The van der Waals surface area contributed by atoms with Crippen molar-refractivity contribution >= 4 is 11.6 Å². The lowest BCUT2D eigenvalue weighted by Gasteiger charge is -2.19. The molecule has 0 fully saturated rings. The van der Waals surface area contributed by atoms with Gasteiger partial charge >= 0.3 is 0 Å². The van der Waals surface area contributed by atoms with E-state index in [1.54, 1.807) is 0 Å². The first kappa shape index (κ1) is 14.6. The van der Waals surface area contributed by atoms with Crippen LogP contribution in [-0.2, 0) is 11.8 Å². The minimum Gasteiger partial charge on any atom is -0.123 e. The van der Waals surface area contributed by atoms with Crippen LogP contribution in [0.25, 0.3) is 0 Å². The zero-order chi connectivity index (χ0) is 13.1. The summed E-state index contributed by atoms with van der Waals surface area (Å²) in [5.74, 6) is 0.656. The molecule has 0 N–H and O–H groups in total. The molecule has 0 aromatic heterocycles. The molecular weight excluding hydrogens is 228 g/mol. The molecule has 1 aromatic rings. The Morgan fingerprint density at radius 1 is 1.06 bits per heavy atom. The molecule has 0 nitrogen and oxygen atoms in total.